The largest absolute Gasteiger partial charge is 0.300 e. The molecule has 0 amide bonds. The average molecular weight is 290 g/mol. The summed E-state index contributed by atoms with van der Waals surface area (Å²) >= 11 is 0. The molecule has 3 fully saturated rings. The van der Waals surface area contributed by atoms with Crippen LogP contribution in [0, 0.1) is 29.1 Å². The van der Waals surface area contributed by atoms with E-state index in [9.17, 15) is 9.59 Å². The Hall–Kier alpha value is -0.660. The van der Waals surface area contributed by atoms with Crippen molar-refractivity contribution >= 4 is 11.6 Å². The van der Waals surface area contributed by atoms with Crippen molar-refractivity contribution in [3.63, 3.8) is 0 Å². The highest BCUT2D eigenvalue weighted by Crippen LogP contribution is 2.58. The fourth-order valence-corrected chi connectivity index (χ4v) is 5.73. The third kappa shape index (κ3) is 2.71. The van der Waals surface area contributed by atoms with Crippen LogP contribution in [0.2, 0.25) is 0 Å². The molecule has 2 heteroatoms. The minimum atomic E-state index is 0.00599. The van der Waals surface area contributed by atoms with E-state index >= 15 is 0 Å². The van der Waals surface area contributed by atoms with Crippen molar-refractivity contribution in [2.24, 2.45) is 29.1 Å². The van der Waals surface area contributed by atoms with Gasteiger partial charge in [-0.1, -0.05) is 13.8 Å². The van der Waals surface area contributed by atoms with E-state index in [1.807, 2.05) is 0 Å². The van der Waals surface area contributed by atoms with Crippen LogP contribution < -0.4 is 0 Å². The first-order chi connectivity index (χ1) is 10.0. The summed E-state index contributed by atoms with van der Waals surface area (Å²) in [6, 6.07) is 0. The molecule has 0 bridgehead atoms. The molecule has 0 aromatic heterocycles. The van der Waals surface area contributed by atoms with E-state index in [2.05, 4.69) is 13.8 Å². The van der Waals surface area contributed by atoms with Crippen LogP contribution >= 0.6 is 0 Å². The molecule has 3 aliphatic rings. The normalized spacial score (nSPS) is 42.5. The van der Waals surface area contributed by atoms with Gasteiger partial charge in [-0.25, -0.2) is 0 Å². The van der Waals surface area contributed by atoms with Crippen molar-refractivity contribution in [1.82, 2.24) is 0 Å². The topological polar surface area (TPSA) is 34.1 Å². The second kappa shape index (κ2) is 5.85. The third-order valence-corrected chi connectivity index (χ3v) is 6.88. The van der Waals surface area contributed by atoms with Crippen molar-refractivity contribution in [1.29, 1.82) is 0 Å². The Kier molecular flexibility index (Phi) is 4.25. The summed E-state index contributed by atoms with van der Waals surface area (Å²) in [7, 11) is 0. The SMILES string of the molecule is CCCC(=O)C[C@@H]1CC[C@@H]2[C@H](CC[C@]3(C)C(=O)CC[C@@H]23)C1. The molecule has 0 N–H and O–H groups in total. The highest BCUT2D eigenvalue weighted by atomic mass is 16.1. The minimum absolute atomic E-state index is 0.00599. The molecule has 0 aliphatic heterocycles. The highest BCUT2D eigenvalue weighted by Gasteiger charge is 2.54. The number of fused-ring (bicyclic) bond motifs is 3. The fourth-order valence-electron chi connectivity index (χ4n) is 5.73. The van der Waals surface area contributed by atoms with Crippen LogP contribution in [-0.4, -0.2) is 11.6 Å². The maximum Gasteiger partial charge on any atom is 0.139 e. The first-order valence-corrected chi connectivity index (χ1v) is 9.09. The molecule has 118 valence electrons. The van der Waals surface area contributed by atoms with Crippen LogP contribution in [0.1, 0.15) is 78.1 Å². The van der Waals surface area contributed by atoms with Crippen molar-refractivity contribution in [2.45, 2.75) is 78.1 Å². The Bertz CT molecular complexity index is 427. The van der Waals surface area contributed by atoms with E-state index in [4.69, 9.17) is 0 Å². The van der Waals surface area contributed by atoms with E-state index in [-0.39, 0.29) is 5.41 Å². The van der Waals surface area contributed by atoms with Crippen molar-refractivity contribution in [2.75, 3.05) is 0 Å². The van der Waals surface area contributed by atoms with Gasteiger partial charge in [-0.3, -0.25) is 9.59 Å². The summed E-state index contributed by atoms with van der Waals surface area (Å²) in [4.78, 5) is 24.1. The summed E-state index contributed by atoms with van der Waals surface area (Å²) in [6.45, 7) is 4.33. The zero-order valence-electron chi connectivity index (χ0n) is 13.7. The molecule has 0 unspecified atom stereocenters. The lowest BCUT2D eigenvalue weighted by Crippen LogP contribution is -2.44. The van der Waals surface area contributed by atoms with Crippen LogP contribution in [0.15, 0.2) is 0 Å². The van der Waals surface area contributed by atoms with Crippen LogP contribution in [0.3, 0.4) is 0 Å². The van der Waals surface area contributed by atoms with Crippen LogP contribution in [0.25, 0.3) is 0 Å². The van der Waals surface area contributed by atoms with Gasteiger partial charge >= 0.3 is 0 Å². The molecular formula is C19H30O2. The van der Waals surface area contributed by atoms with Gasteiger partial charge in [0.25, 0.3) is 0 Å². The number of ketones is 2. The first kappa shape index (κ1) is 15.2. The van der Waals surface area contributed by atoms with Gasteiger partial charge in [0.15, 0.2) is 0 Å². The summed E-state index contributed by atoms with van der Waals surface area (Å²) in [5.74, 6) is 3.85. The predicted octanol–water partition coefficient (Wildman–Crippen LogP) is 4.56. The quantitative estimate of drug-likeness (QED) is 0.760. The molecule has 0 heterocycles. The lowest BCUT2D eigenvalue weighted by molar-refractivity contribution is -0.131. The Balaban J connectivity index is 1.62. The van der Waals surface area contributed by atoms with E-state index in [0.29, 0.717) is 23.4 Å². The molecule has 0 radical (unpaired) electrons. The standard InChI is InChI=1S/C19H30O2/c1-3-4-15(20)12-13-5-6-16-14(11-13)9-10-19(2)17(16)7-8-18(19)21/h13-14,16-17H,3-12H2,1-2H3/t13-,14-,16-,17+,19+/m1/s1. The predicted molar refractivity (Wildman–Crippen MR) is 83.9 cm³/mol. The van der Waals surface area contributed by atoms with Gasteiger partial charge in [0, 0.05) is 24.7 Å². The number of hydrogen-bond donors (Lipinski definition) is 0. The molecule has 2 nitrogen and oxygen atoms in total. The molecule has 0 aromatic rings. The number of carbonyl (C=O) groups is 2. The Morgan fingerprint density at radius 2 is 2.05 bits per heavy atom. The maximum atomic E-state index is 12.2. The van der Waals surface area contributed by atoms with E-state index in [0.717, 1.165) is 50.4 Å². The number of hydrogen-bond acceptors (Lipinski definition) is 2. The second-order valence-electron chi connectivity index (χ2n) is 8.12. The average Bonchev–Trinajstić information content (AvgIpc) is 2.75. The minimum Gasteiger partial charge on any atom is -0.300 e. The lowest BCUT2D eigenvalue weighted by Gasteiger charge is -2.49. The molecule has 3 rings (SSSR count). The Labute approximate surface area is 129 Å². The molecular weight excluding hydrogens is 260 g/mol. The number of Topliss-reactive ketones (excluding diaryl/α,β-unsaturated/α-hetero) is 2. The van der Waals surface area contributed by atoms with E-state index < -0.39 is 0 Å². The molecule has 0 saturated heterocycles. The molecule has 3 aliphatic carbocycles. The van der Waals surface area contributed by atoms with Gasteiger partial charge in [-0.05, 0) is 68.6 Å². The summed E-state index contributed by atoms with van der Waals surface area (Å²) in [5, 5.41) is 0. The monoisotopic (exact) mass is 290 g/mol. The number of rotatable bonds is 4. The zero-order chi connectivity index (χ0) is 15.0. The van der Waals surface area contributed by atoms with Crippen molar-refractivity contribution in [3.05, 3.63) is 0 Å². The van der Waals surface area contributed by atoms with Gasteiger partial charge in [-0.15, -0.1) is 0 Å². The lowest BCUT2D eigenvalue weighted by atomic mass is 9.55. The number of carbonyl (C=O) groups excluding carboxylic acids is 2. The van der Waals surface area contributed by atoms with Crippen molar-refractivity contribution < 1.29 is 9.59 Å². The van der Waals surface area contributed by atoms with Crippen LogP contribution in [-0.2, 0) is 9.59 Å². The zero-order valence-corrected chi connectivity index (χ0v) is 13.7. The van der Waals surface area contributed by atoms with Gasteiger partial charge in [-0.2, -0.15) is 0 Å². The highest BCUT2D eigenvalue weighted by molar-refractivity contribution is 5.87. The van der Waals surface area contributed by atoms with E-state index in [1.54, 1.807) is 0 Å². The first-order valence-electron chi connectivity index (χ1n) is 9.09. The fraction of sp³-hybridized carbons (Fsp3) is 0.895. The van der Waals surface area contributed by atoms with Gasteiger partial charge in [0.1, 0.15) is 11.6 Å². The molecule has 3 saturated carbocycles. The summed E-state index contributed by atoms with van der Waals surface area (Å²) < 4.78 is 0. The molecule has 5 atom stereocenters. The van der Waals surface area contributed by atoms with Crippen molar-refractivity contribution in [3.8, 4) is 0 Å². The smallest absolute Gasteiger partial charge is 0.139 e. The van der Waals surface area contributed by atoms with Gasteiger partial charge < -0.3 is 0 Å². The Morgan fingerprint density at radius 3 is 2.81 bits per heavy atom. The van der Waals surface area contributed by atoms with E-state index in [1.165, 1.54) is 25.7 Å². The second-order valence-corrected chi connectivity index (χ2v) is 8.12. The third-order valence-electron chi connectivity index (χ3n) is 6.88. The summed E-state index contributed by atoms with van der Waals surface area (Å²) in [6.07, 6.45) is 10.6. The molecule has 0 spiro atoms. The van der Waals surface area contributed by atoms with Gasteiger partial charge in [0.2, 0.25) is 0 Å². The maximum absolute atomic E-state index is 12.2. The summed E-state index contributed by atoms with van der Waals surface area (Å²) in [5.41, 5.74) is 0.00599. The molecule has 21 heavy (non-hydrogen) atoms. The molecule has 0 aromatic carbocycles. The Morgan fingerprint density at radius 1 is 1.24 bits per heavy atom. The van der Waals surface area contributed by atoms with Crippen LogP contribution in [0.5, 0.6) is 0 Å². The van der Waals surface area contributed by atoms with Crippen LogP contribution in [0.4, 0.5) is 0 Å². The van der Waals surface area contributed by atoms with Gasteiger partial charge in [0.05, 0.1) is 0 Å².